The van der Waals surface area contributed by atoms with Gasteiger partial charge in [-0.25, -0.2) is 4.52 Å². The van der Waals surface area contributed by atoms with Crippen LogP contribution in [0.2, 0.25) is 0 Å². The van der Waals surface area contributed by atoms with E-state index in [0.29, 0.717) is 0 Å². The van der Waals surface area contributed by atoms with Crippen LogP contribution in [0.25, 0.3) is 5.52 Å². The van der Waals surface area contributed by atoms with Crippen molar-refractivity contribution in [2.75, 3.05) is 49.5 Å². The molecule has 1 saturated heterocycles. The van der Waals surface area contributed by atoms with Gasteiger partial charge in [-0.05, 0) is 49.7 Å². The van der Waals surface area contributed by atoms with Crippen molar-refractivity contribution in [3.8, 4) is 5.75 Å². The number of unbranched alkanes of at least 4 members (excludes halogenated alkanes) is 1. The molecule has 1 aliphatic rings. The van der Waals surface area contributed by atoms with Gasteiger partial charge in [-0.15, -0.1) is 0 Å². The number of hydrogen-bond acceptors (Lipinski definition) is 5. The van der Waals surface area contributed by atoms with Crippen LogP contribution in [-0.2, 0) is 4.79 Å². The Morgan fingerprint density at radius 2 is 1.97 bits per heavy atom. The van der Waals surface area contributed by atoms with Gasteiger partial charge in [0.2, 0.25) is 5.91 Å². The van der Waals surface area contributed by atoms with Crippen molar-refractivity contribution in [1.29, 1.82) is 0 Å². The molecule has 1 amide bonds. The number of hydrogen-bond donors (Lipinski definition) is 1. The average molecular weight is 408 g/mol. The first-order valence-corrected chi connectivity index (χ1v) is 10.6. The van der Waals surface area contributed by atoms with E-state index in [4.69, 9.17) is 4.74 Å². The van der Waals surface area contributed by atoms with E-state index < -0.39 is 0 Å². The molecule has 4 rings (SSSR count). The summed E-state index contributed by atoms with van der Waals surface area (Å²) < 4.78 is 7.72. The lowest BCUT2D eigenvalue weighted by Gasteiger charge is -2.36. The fourth-order valence-electron chi connectivity index (χ4n) is 3.83. The molecule has 1 fully saturated rings. The minimum atomic E-state index is -0.0386. The maximum Gasteiger partial charge on any atom is 0.221 e. The van der Waals surface area contributed by atoms with Crippen LogP contribution in [0.4, 0.5) is 11.4 Å². The molecule has 7 heteroatoms. The van der Waals surface area contributed by atoms with E-state index in [-0.39, 0.29) is 5.91 Å². The standard InChI is InChI=1S/C23H29N5O2/c1-19(29)25-20-5-4-6-21(17-20)27-14-12-26(13-15-27)10-2-3-16-30-23-8-11-28-22(18-23)7-9-24-28/h4-9,11,17-18H,2-3,10,12-16H2,1H3,(H,25,29). The van der Waals surface area contributed by atoms with Gasteiger partial charge < -0.3 is 15.0 Å². The first kappa shape index (κ1) is 20.2. The SMILES string of the molecule is CC(=O)Nc1cccc(N2CCN(CCCCOc3ccn4nccc4c3)CC2)c1. The monoisotopic (exact) mass is 407 g/mol. The molecule has 7 nitrogen and oxygen atoms in total. The van der Waals surface area contributed by atoms with Crippen molar-refractivity contribution in [3.05, 3.63) is 54.9 Å². The zero-order valence-electron chi connectivity index (χ0n) is 17.5. The Morgan fingerprint density at radius 1 is 1.10 bits per heavy atom. The number of carbonyl (C=O) groups excluding carboxylic acids is 1. The largest absolute Gasteiger partial charge is 0.493 e. The highest BCUT2D eigenvalue weighted by Crippen LogP contribution is 2.21. The molecule has 158 valence electrons. The number of anilines is 2. The number of rotatable bonds is 8. The summed E-state index contributed by atoms with van der Waals surface area (Å²) in [5.74, 6) is 0.862. The summed E-state index contributed by atoms with van der Waals surface area (Å²) in [6.45, 7) is 7.50. The van der Waals surface area contributed by atoms with Gasteiger partial charge in [-0.1, -0.05) is 6.07 Å². The number of piperazine rings is 1. The van der Waals surface area contributed by atoms with Crippen molar-refractivity contribution >= 4 is 22.8 Å². The molecule has 0 bridgehead atoms. The summed E-state index contributed by atoms with van der Waals surface area (Å²) in [7, 11) is 0. The Bertz CT molecular complexity index is 978. The lowest BCUT2D eigenvalue weighted by atomic mass is 10.2. The molecule has 3 heterocycles. The maximum atomic E-state index is 11.3. The zero-order valence-corrected chi connectivity index (χ0v) is 17.5. The number of nitrogens with zero attached hydrogens (tertiary/aromatic N) is 4. The van der Waals surface area contributed by atoms with Crippen LogP contribution < -0.4 is 15.0 Å². The second kappa shape index (κ2) is 9.63. The van der Waals surface area contributed by atoms with E-state index in [1.165, 1.54) is 12.6 Å². The quantitative estimate of drug-likeness (QED) is 0.581. The molecular formula is C23H29N5O2. The van der Waals surface area contributed by atoms with Crippen LogP contribution >= 0.6 is 0 Å². The van der Waals surface area contributed by atoms with E-state index in [2.05, 4.69) is 32.3 Å². The molecule has 0 spiro atoms. The van der Waals surface area contributed by atoms with Gasteiger partial charge in [-0.3, -0.25) is 9.69 Å². The van der Waals surface area contributed by atoms with Crippen molar-refractivity contribution in [3.63, 3.8) is 0 Å². The van der Waals surface area contributed by atoms with Crippen LogP contribution in [0.1, 0.15) is 19.8 Å². The van der Waals surface area contributed by atoms with Crippen molar-refractivity contribution < 1.29 is 9.53 Å². The third kappa shape index (κ3) is 5.30. The average Bonchev–Trinajstić information content (AvgIpc) is 3.22. The van der Waals surface area contributed by atoms with E-state index in [0.717, 1.165) is 69.1 Å². The first-order chi connectivity index (χ1) is 14.7. The Hall–Kier alpha value is -3.06. The summed E-state index contributed by atoms with van der Waals surface area (Å²) in [5.41, 5.74) is 3.08. The van der Waals surface area contributed by atoms with Crippen LogP contribution in [0, 0.1) is 0 Å². The predicted octanol–water partition coefficient (Wildman–Crippen LogP) is 3.27. The lowest BCUT2D eigenvalue weighted by molar-refractivity contribution is -0.114. The number of pyridine rings is 1. The van der Waals surface area contributed by atoms with E-state index >= 15 is 0 Å². The number of nitrogens with one attached hydrogen (secondary N) is 1. The molecule has 0 saturated carbocycles. The minimum Gasteiger partial charge on any atom is -0.493 e. The summed E-state index contributed by atoms with van der Waals surface area (Å²) >= 11 is 0. The van der Waals surface area contributed by atoms with E-state index in [9.17, 15) is 4.79 Å². The number of amides is 1. The van der Waals surface area contributed by atoms with Crippen molar-refractivity contribution in [2.24, 2.45) is 0 Å². The highest BCUT2D eigenvalue weighted by Gasteiger charge is 2.17. The molecule has 0 radical (unpaired) electrons. The maximum absolute atomic E-state index is 11.3. The lowest BCUT2D eigenvalue weighted by Crippen LogP contribution is -2.46. The number of aromatic nitrogens is 2. The third-order valence-corrected chi connectivity index (χ3v) is 5.41. The second-order valence-corrected chi connectivity index (χ2v) is 7.68. The van der Waals surface area contributed by atoms with E-state index in [1.54, 1.807) is 6.20 Å². The van der Waals surface area contributed by atoms with Crippen molar-refractivity contribution in [1.82, 2.24) is 14.5 Å². The summed E-state index contributed by atoms with van der Waals surface area (Å²) in [6.07, 6.45) is 5.89. The topological polar surface area (TPSA) is 62.1 Å². The molecule has 1 aromatic carbocycles. The zero-order chi connectivity index (χ0) is 20.8. The Morgan fingerprint density at radius 3 is 2.80 bits per heavy atom. The fourth-order valence-corrected chi connectivity index (χ4v) is 3.83. The van der Waals surface area contributed by atoms with Gasteiger partial charge >= 0.3 is 0 Å². The van der Waals surface area contributed by atoms with Crippen LogP contribution in [0.5, 0.6) is 5.75 Å². The second-order valence-electron chi connectivity index (χ2n) is 7.68. The number of ether oxygens (including phenoxy) is 1. The molecule has 3 aromatic rings. The molecular weight excluding hydrogens is 378 g/mol. The Labute approximate surface area is 177 Å². The molecule has 1 N–H and O–H groups in total. The summed E-state index contributed by atoms with van der Waals surface area (Å²) in [6, 6.07) is 14.0. The molecule has 0 unspecified atom stereocenters. The van der Waals surface area contributed by atoms with Gasteiger partial charge in [0.15, 0.2) is 0 Å². The van der Waals surface area contributed by atoms with Crippen LogP contribution in [-0.4, -0.2) is 59.8 Å². The van der Waals surface area contributed by atoms with Gasteiger partial charge in [0, 0.05) is 62.9 Å². The third-order valence-electron chi connectivity index (χ3n) is 5.41. The fraction of sp³-hybridized carbons (Fsp3) is 0.391. The van der Waals surface area contributed by atoms with Crippen LogP contribution in [0.3, 0.4) is 0 Å². The smallest absolute Gasteiger partial charge is 0.221 e. The number of benzene rings is 1. The molecule has 0 atom stereocenters. The normalized spacial score (nSPS) is 14.8. The number of carbonyl (C=O) groups is 1. The van der Waals surface area contributed by atoms with Gasteiger partial charge in [0.25, 0.3) is 0 Å². The molecule has 1 aliphatic heterocycles. The van der Waals surface area contributed by atoms with Gasteiger partial charge in [-0.2, -0.15) is 5.10 Å². The van der Waals surface area contributed by atoms with Crippen LogP contribution in [0.15, 0.2) is 54.9 Å². The summed E-state index contributed by atoms with van der Waals surface area (Å²) in [5, 5.41) is 7.06. The molecule has 0 aliphatic carbocycles. The van der Waals surface area contributed by atoms with Gasteiger partial charge in [0.1, 0.15) is 5.75 Å². The minimum absolute atomic E-state index is 0.0386. The predicted molar refractivity (Wildman–Crippen MR) is 119 cm³/mol. The number of fused-ring (bicyclic) bond motifs is 1. The van der Waals surface area contributed by atoms with Gasteiger partial charge in [0.05, 0.1) is 12.1 Å². The van der Waals surface area contributed by atoms with E-state index in [1.807, 2.05) is 41.0 Å². The Kier molecular flexibility index (Phi) is 6.49. The Balaban J connectivity index is 1.15. The molecule has 2 aromatic heterocycles. The highest BCUT2D eigenvalue weighted by molar-refractivity contribution is 5.89. The highest BCUT2D eigenvalue weighted by atomic mass is 16.5. The first-order valence-electron chi connectivity index (χ1n) is 10.6. The van der Waals surface area contributed by atoms with Crippen molar-refractivity contribution in [2.45, 2.75) is 19.8 Å². The molecule has 30 heavy (non-hydrogen) atoms. The summed E-state index contributed by atoms with van der Waals surface area (Å²) in [4.78, 5) is 16.2.